The molecule has 214 valence electrons. The van der Waals surface area contributed by atoms with Crippen LogP contribution in [0.15, 0.2) is 110 Å². The number of nitrogens with one attached hydrogen (secondary N) is 2. The summed E-state index contributed by atoms with van der Waals surface area (Å²) in [6, 6.07) is 19.5. The minimum atomic E-state index is -4.38. The zero-order chi connectivity index (χ0) is 30.3. The molecule has 0 aliphatic heterocycles. The van der Waals surface area contributed by atoms with Crippen molar-refractivity contribution in [3.8, 4) is 11.5 Å². The molecular weight excluding hydrogens is 591 g/mol. The maximum Gasteiger partial charge on any atom is 1.00 e. The van der Waals surface area contributed by atoms with Crippen molar-refractivity contribution in [1.29, 1.82) is 0 Å². The number of benzene rings is 4. The molecule has 0 unspecified atom stereocenters. The van der Waals surface area contributed by atoms with E-state index in [4.69, 9.17) is 9.84 Å². The van der Waals surface area contributed by atoms with Gasteiger partial charge in [0, 0.05) is 11.8 Å². The largest absolute Gasteiger partial charge is 1.00 e. The summed E-state index contributed by atoms with van der Waals surface area (Å²) < 4.78 is 37.1. The number of nitrogens with zero attached hydrogens (tertiary/aromatic N) is 4. The molecule has 2 amide bonds. The second-order valence-corrected chi connectivity index (χ2v) is 9.81. The third kappa shape index (κ3) is 9.16. The maximum absolute atomic E-state index is 12.6. The molecule has 0 spiro atoms. The van der Waals surface area contributed by atoms with Crippen LogP contribution in [0.4, 0.5) is 38.9 Å². The predicted octanol–water partition coefficient (Wildman–Crippen LogP) is 3.82. The fourth-order valence-corrected chi connectivity index (χ4v) is 3.96. The number of hydrogen-bond acceptors (Lipinski definition) is 10. The summed E-state index contributed by atoms with van der Waals surface area (Å²) in [5, 5.41) is 40.0. The third-order valence-corrected chi connectivity index (χ3v) is 6.30. The Morgan fingerprint density at radius 3 is 1.98 bits per heavy atom. The Hall–Kier alpha value is -4.67. The van der Waals surface area contributed by atoms with Crippen molar-refractivity contribution >= 4 is 56.2 Å². The van der Waals surface area contributed by atoms with Crippen LogP contribution in [0.5, 0.6) is 11.5 Å². The van der Waals surface area contributed by atoms with Crippen LogP contribution in [0, 0.1) is 0 Å². The number of anilines is 2. The van der Waals surface area contributed by atoms with Crippen molar-refractivity contribution in [1.82, 2.24) is 0 Å². The number of carboxylic acid groups (broad SMARTS) is 1. The normalized spacial score (nSPS) is 11.2. The van der Waals surface area contributed by atoms with Crippen LogP contribution in [-0.2, 0) is 10.1 Å². The van der Waals surface area contributed by atoms with Gasteiger partial charge in [-0.05, 0) is 72.8 Å². The molecule has 4 aromatic carbocycles. The van der Waals surface area contributed by atoms with Crippen molar-refractivity contribution < 1.29 is 67.1 Å². The molecule has 0 saturated heterocycles. The number of rotatable bonds is 9. The fourth-order valence-electron chi connectivity index (χ4n) is 3.44. The molecule has 0 aliphatic carbocycles. The molecule has 5 N–H and O–H groups in total. The molecular formula is C27H22N6NaO8S+. The SMILES string of the molecule is COc1cc(N=Nc2cccc(S(=O)(=O)O)c2)ccc1NC(=O)Nc1ccc(N=Nc2ccc(O)c(C(=O)O)c2)cc1.[Na+]. The van der Waals surface area contributed by atoms with E-state index < -0.39 is 22.1 Å². The molecule has 0 atom stereocenters. The van der Waals surface area contributed by atoms with Crippen LogP contribution in [0.3, 0.4) is 0 Å². The topological polar surface area (TPSA) is 212 Å². The van der Waals surface area contributed by atoms with Gasteiger partial charge in [-0.1, -0.05) is 6.07 Å². The number of urea groups is 1. The van der Waals surface area contributed by atoms with Crippen molar-refractivity contribution in [3.63, 3.8) is 0 Å². The Kier molecular flexibility index (Phi) is 11.1. The van der Waals surface area contributed by atoms with Crippen LogP contribution < -0.4 is 44.9 Å². The van der Waals surface area contributed by atoms with E-state index in [1.807, 2.05) is 0 Å². The number of ether oxygens (including phenoxy) is 1. The van der Waals surface area contributed by atoms with Gasteiger partial charge in [0.25, 0.3) is 10.1 Å². The van der Waals surface area contributed by atoms with Gasteiger partial charge in [-0.25, -0.2) is 9.59 Å². The van der Waals surface area contributed by atoms with Crippen LogP contribution in [0.2, 0.25) is 0 Å². The summed E-state index contributed by atoms with van der Waals surface area (Å²) in [6.45, 7) is 0. The zero-order valence-corrected chi connectivity index (χ0v) is 25.5. The smallest absolute Gasteiger partial charge is 0.507 e. The van der Waals surface area contributed by atoms with Crippen molar-refractivity contribution in [2.75, 3.05) is 17.7 Å². The predicted molar refractivity (Wildman–Crippen MR) is 152 cm³/mol. The summed E-state index contributed by atoms with van der Waals surface area (Å²) in [6.07, 6.45) is 0. The monoisotopic (exact) mass is 613 g/mol. The summed E-state index contributed by atoms with van der Waals surface area (Å²) in [5.41, 5.74) is 1.71. The van der Waals surface area contributed by atoms with Gasteiger partial charge in [-0.3, -0.25) is 4.55 Å². The van der Waals surface area contributed by atoms with E-state index in [-0.39, 0.29) is 62.9 Å². The van der Waals surface area contributed by atoms with Gasteiger partial charge in [0.2, 0.25) is 0 Å². The molecule has 0 aliphatic rings. The maximum atomic E-state index is 12.6. The van der Waals surface area contributed by atoms with E-state index in [2.05, 4.69) is 31.1 Å². The van der Waals surface area contributed by atoms with Gasteiger partial charge in [-0.15, -0.1) is 0 Å². The first-order valence-corrected chi connectivity index (χ1v) is 13.3. The molecule has 0 aromatic heterocycles. The average molecular weight is 614 g/mol. The molecule has 0 radical (unpaired) electrons. The molecule has 4 rings (SSSR count). The number of carbonyl (C=O) groups is 2. The summed E-state index contributed by atoms with van der Waals surface area (Å²) in [4.78, 5) is 23.4. The molecule has 14 nitrogen and oxygen atoms in total. The van der Waals surface area contributed by atoms with Crippen LogP contribution in [-0.4, -0.2) is 42.3 Å². The fraction of sp³-hybridized carbons (Fsp3) is 0.0370. The van der Waals surface area contributed by atoms with E-state index in [9.17, 15) is 27.7 Å². The minimum absolute atomic E-state index is 0. The molecule has 4 aromatic rings. The first kappa shape index (κ1) is 32.8. The van der Waals surface area contributed by atoms with Crippen LogP contribution >= 0.6 is 0 Å². The number of carboxylic acids is 1. The summed E-state index contributed by atoms with van der Waals surface area (Å²) in [7, 11) is -2.97. The van der Waals surface area contributed by atoms with Gasteiger partial charge < -0.3 is 25.6 Å². The standard InChI is InChI=1S/C27H22N6O8S.Na/c1-41-25-15-20(33-31-18-3-2-4-21(13-18)42(38,39)40)9-11-23(25)29-27(37)28-16-5-7-17(8-6-16)30-32-19-10-12-24(34)22(14-19)26(35)36;/h2-15,34H,1H3,(H,35,36)(H2,28,29,37)(H,38,39,40);/q;+1. The van der Waals surface area contributed by atoms with Gasteiger partial charge >= 0.3 is 41.6 Å². The summed E-state index contributed by atoms with van der Waals surface area (Å²) >= 11 is 0. The second kappa shape index (κ2) is 14.5. The average Bonchev–Trinajstić information content (AvgIpc) is 2.96. The first-order chi connectivity index (χ1) is 20.0. The van der Waals surface area contributed by atoms with Gasteiger partial charge in [0.15, 0.2) is 0 Å². The second-order valence-electron chi connectivity index (χ2n) is 8.39. The van der Waals surface area contributed by atoms with Crippen molar-refractivity contribution in [2.24, 2.45) is 20.5 Å². The molecule has 0 fully saturated rings. The number of phenols is 1. The Bertz CT molecular complexity index is 1810. The van der Waals surface area contributed by atoms with E-state index in [1.54, 1.807) is 36.4 Å². The zero-order valence-electron chi connectivity index (χ0n) is 22.7. The minimum Gasteiger partial charge on any atom is -0.507 e. The number of azo groups is 2. The number of aromatic carboxylic acids is 1. The van der Waals surface area contributed by atoms with Crippen molar-refractivity contribution in [3.05, 3.63) is 90.5 Å². The van der Waals surface area contributed by atoms with Crippen LogP contribution in [0.25, 0.3) is 0 Å². The Morgan fingerprint density at radius 1 is 0.767 bits per heavy atom. The van der Waals surface area contributed by atoms with Gasteiger partial charge in [-0.2, -0.15) is 28.9 Å². The Labute approximate surface area is 267 Å². The third-order valence-electron chi connectivity index (χ3n) is 5.45. The van der Waals surface area contributed by atoms with E-state index in [0.717, 1.165) is 6.07 Å². The Balaban J connectivity index is 0.00000506. The molecule has 16 heteroatoms. The molecule has 0 saturated carbocycles. The summed E-state index contributed by atoms with van der Waals surface area (Å²) in [5.74, 6) is -1.39. The van der Waals surface area contributed by atoms with Gasteiger partial charge in [0.05, 0.1) is 40.4 Å². The van der Waals surface area contributed by atoms with E-state index in [0.29, 0.717) is 22.7 Å². The quantitative estimate of drug-likeness (QED) is 0.106. The number of aromatic hydroxyl groups is 1. The molecule has 43 heavy (non-hydrogen) atoms. The van der Waals surface area contributed by atoms with Crippen LogP contribution in [0.1, 0.15) is 10.4 Å². The molecule has 0 bridgehead atoms. The number of amides is 2. The van der Waals surface area contributed by atoms with E-state index >= 15 is 0 Å². The number of carbonyl (C=O) groups excluding carboxylic acids is 1. The number of hydrogen-bond donors (Lipinski definition) is 5. The van der Waals surface area contributed by atoms with E-state index in [1.165, 1.54) is 49.6 Å². The Morgan fingerprint density at radius 2 is 1.35 bits per heavy atom. The van der Waals surface area contributed by atoms with Crippen molar-refractivity contribution in [2.45, 2.75) is 4.90 Å². The molecule has 0 heterocycles. The van der Waals surface area contributed by atoms with Gasteiger partial charge in [0.1, 0.15) is 17.1 Å². The number of methoxy groups -OCH3 is 1. The first-order valence-electron chi connectivity index (χ1n) is 11.9.